The Labute approximate surface area is 147 Å². The van der Waals surface area contributed by atoms with E-state index in [2.05, 4.69) is 5.10 Å². The summed E-state index contributed by atoms with van der Waals surface area (Å²) in [5, 5.41) is 4.41. The summed E-state index contributed by atoms with van der Waals surface area (Å²) in [7, 11) is 1.77. The summed E-state index contributed by atoms with van der Waals surface area (Å²) in [4.78, 5) is 14.2. The lowest BCUT2D eigenvalue weighted by atomic mass is 10.3. The van der Waals surface area contributed by atoms with Crippen LogP contribution in [0.25, 0.3) is 0 Å². The molecule has 0 N–H and O–H groups in total. The molecule has 0 saturated carbocycles. The Balaban J connectivity index is 1.55. The molecule has 7 heteroatoms. The zero-order valence-electron chi connectivity index (χ0n) is 15.0. The SMILES string of the molecule is Cc1cc(C)n(CCN(C)C(=O)[C@@H](C)Oc2ccc3c(c2)OCO3)n1. The van der Waals surface area contributed by atoms with Gasteiger partial charge in [-0.15, -0.1) is 0 Å². The quantitative estimate of drug-likeness (QED) is 0.803. The van der Waals surface area contributed by atoms with Gasteiger partial charge in [-0.25, -0.2) is 0 Å². The van der Waals surface area contributed by atoms with Crippen molar-refractivity contribution in [3.8, 4) is 17.2 Å². The Kier molecular flexibility index (Phi) is 4.83. The van der Waals surface area contributed by atoms with Gasteiger partial charge in [-0.1, -0.05) is 0 Å². The van der Waals surface area contributed by atoms with Crippen LogP contribution in [0.15, 0.2) is 24.3 Å². The second kappa shape index (κ2) is 7.04. The molecule has 134 valence electrons. The molecular formula is C18H23N3O4. The molecular weight excluding hydrogens is 322 g/mol. The first-order chi connectivity index (χ1) is 11.9. The summed E-state index contributed by atoms with van der Waals surface area (Å²) in [6.07, 6.45) is -0.592. The first-order valence-electron chi connectivity index (χ1n) is 8.26. The van der Waals surface area contributed by atoms with E-state index in [1.54, 1.807) is 37.1 Å². The number of fused-ring (bicyclic) bond motifs is 1. The van der Waals surface area contributed by atoms with Crippen molar-refractivity contribution in [3.05, 3.63) is 35.7 Å². The van der Waals surface area contributed by atoms with Crippen LogP contribution in [0.3, 0.4) is 0 Å². The summed E-state index contributed by atoms with van der Waals surface area (Å²) >= 11 is 0. The van der Waals surface area contributed by atoms with Crippen LogP contribution in [-0.4, -0.2) is 47.1 Å². The zero-order chi connectivity index (χ0) is 18.0. The molecule has 2 heterocycles. The van der Waals surface area contributed by atoms with E-state index in [1.807, 2.05) is 24.6 Å². The lowest BCUT2D eigenvalue weighted by Gasteiger charge is -2.22. The fraction of sp³-hybridized carbons (Fsp3) is 0.444. The Hall–Kier alpha value is -2.70. The van der Waals surface area contributed by atoms with Crippen LogP contribution >= 0.6 is 0 Å². The largest absolute Gasteiger partial charge is 0.481 e. The van der Waals surface area contributed by atoms with E-state index in [1.165, 1.54) is 0 Å². The van der Waals surface area contributed by atoms with Gasteiger partial charge in [0, 0.05) is 25.4 Å². The monoisotopic (exact) mass is 345 g/mol. The molecule has 1 aromatic carbocycles. The second-order valence-corrected chi connectivity index (χ2v) is 6.19. The van der Waals surface area contributed by atoms with E-state index in [0.717, 1.165) is 11.4 Å². The molecule has 0 unspecified atom stereocenters. The van der Waals surface area contributed by atoms with E-state index in [-0.39, 0.29) is 12.7 Å². The summed E-state index contributed by atoms with van der Waals surface area (Å²) < 4.78 is 18.2. The second-order valence-electron chi connectivity index (χ2n) is 6.19. The minimum atomic E-state index is -0.592. The van der Waals surface area contributed by atoms with E-state index in [4.69, 9.17) is 14.2 Å². The number of likely N-dealkylation sites (N-methyl/N-ethyl adjacent to an activating group) is 1. The zero-order valence-corrected chi connectivity index (χ0v) is 15.0. The molecule has 0 aliphatic carbocycles. The number of amides is 1. The fourth-order valence-electron chi connectivity index (χ4n) is 2.77. The molecule has 7 nitrogen and oxygen atoms in total. The maximum absolute atomic E-state index is 12.5. The van der Waals surface area contributed by atoms with Crippen molar-refractivity contribution in [1.29, 1.82) is 0 Å². The van der Waals surface area contributed by atoms with Gasteiger partial charge in [0.05, 0.1) is 12.2 Å². The summed E-state index contributed by atoms with van der Waals surface area (Å²) in [6, 6.07) is 7.31. The summed E-state index contributed by atoms with van der Waals surface area (Å²) in [5.41, 5.74) is 2.06. The highest BCUT2D eigenvalue weighted by Gasteiger charge is 2.21. The van der Waals surface area contributed by atoms with Crippen LogP contribution < -0.4 is 14.2 Å². The van der Waals surface area contributed by atoms with E-state index in [9.17, 15) is 4.79 Å². The smallest absolute Gasteiger partial charge is 0.263 e. The number of carbonyl (C=O) groups excluding carboxylic acids is 1. The minimum absolute atomic E-state index is 0.0841. The molecule has 1 amide bonds. The van der Waals surface area contributed by atoms with Crippen LogP contribution in [0, 0.1) is 13.8 Å². The van der Waals surface area contributed by atoms with Gasteiger partial charge < -0.3 is 19.1 Å². The Morgan fingerprint density at radius 2 is 2.08 bits per heavy atom. The van der Waals surface area contributed by atoms with E-state index < -0.39 is 6.10 Å². The summed E-state index contributed by atoms with van der Waals surface area (Å²) in [6.45, 7) is 7.14. The molecule has 2 aromatic rings. The predicted molar refractivity (Wildman–Crippen MR) is 92.0 cm³/mol. The van der Waals surface area contributed by atoms with Gasteiger partial charge in [0.15, 0.2) is 17.6 Å². The third kappa shape index (κ3) is 3.87. The van der Waals surface area contributed by atoms with Gasteiger partial charge in [0.2, 0.25) is 6.79 Å². The van der Waals surface area contributed by atoms with Gasteiger partial charge in [0.25, 0.3) is 5.91 Å². The molecule has 1 aliphatic rings. The Morgan fingerprint density at radius 3 is 2.80 bits per heavy atom. The van der Waals surface area contributed by atoms with Crippen LogP contribution in [0.4, 0.5) is 0 Å². The number of nitrogens with zero attached hydrogens (tertiary/aromatic N) is 3. The first kappa shape index (κ1) is 17.1. The molecule has 0 fully saturated rings. The molecule has 0 bridgehead atoms. The van der Waals surface area contributed by atoms with Crippen molar-refractivity contribution in [2.45, 2.75) is 33.4 Å². The highest BCUT2D eigenvalue weighted by Crippen LogP contribution is 2.35. The van der Waals surface area contributed by atoms with Crippen molar-refractivity contribution < 1.29 is 19.0 Å². The van der Waals surface area contributed by atoms with Gasteiger partial charge in [-0.3, -0.25) is 9.48 Å². The Morgan fingerprint density at radius 1 is 1.32 bits per heavy atom. The number of hydrogen-bond donors (Lipinski definition) is 0. The molecule has 25 heavy (non-hydrogen) atoms. The highest BCUT2D eigenvalue weighted by atomic mass is 16.7. The van der Waals surface area contributed by atoms with Crippen LogP contribution in [0.2, 0.25) is 0 Å². The maximum atomic E-state index is 12.5. The molecule has 1 aromatic heterocycles. The number of hydrogen-bond acceptors (Lipinski definition) is 5. The van der Waals surface area contributed by atoms with Crippen molar-refractivity contribution in [2.75, 3.05) is 20.4 Å². The van der Waals surface area contributed by atoms with Crippen LogP contribution in [0.1, 0.15) is 18.3 Å². The maximum Gasteiger partial charge on any atom is 0.263 e. The topological polar surface area (TPSA) is 65.8 Å². The van der Waals surface area contributed by atoms with Crippen LogP contribution in [-0.2, 0) is 11.3 Å². The van der Waals surface area contributed by atoms with Gasteiger partial charge in [-0.05, 0) is 39.0 Å². The Bertz CT molecular complexity index is 772. The summed E-state index contributed by atoms with van der Waals surface area (Å²) in [5.74, 6) is 1.82. The van der Waals surface area contributed by atoms with Gasteiger partial charge in [-0.2, -0.15) is 5.10 Å². The molecule has 1 atom stereocenters. The standard InChI is InChI=1S/C18H23N3O4/c1-12-9-13(2)21(19-12)8-7-20(4)18(22)14(3)25-15-5-6-16-17(10-15)24-11-23-16/h5-6,9-10,14H,7-8,11H2,1-4H3/t14-/m1/s1. The first-order valence-corrected chi connectivity index (χ1v) is 8.26. The lowest BCUT2D eigenvalue weighted by molar-refractivity contribution is -0.136. The van der Waals surface area contributed by atoms with E-state index in [0.29, 0.717) is 30.3 Å². The van der Waals surface area contributed by atoms with Gasteiger partial charge >= 0.3 is 0 Å². The number of aromatic nitrogens is 2. The lowest BCUT2D eigenvalue weighted by Crippen LogP contribution is -2.39. The predicted octanol–water partition coefficient (Wildman–Crippen LogP) is 2.15. The van der Waals surface area contributed by atoms with Crippen molar-refractivity contribution >= 4 is 5.91 Å². The van der Waals surface area contributed by atoms with Crippen LogP contribution in [0.5, 0.6) is 17.2 Å². The molecule has 0 saturated heterocycles. The number of rotatable bonds is 6. The minimum Gasteiger partial charge on any atom is -0.481 e. The average molecular weight is 345 g/mol. The third-order valence-corrected chi connectivity index (χ3v) is 4.13. The normalized spacial score (nSPS) is 13.6. The molecule has 0 radical (unpaired) electrons. The van der Waals surface area contributed by atoms with Crippen molar-refractivity contribution in [2.24, 2.45) is 0 Å². The number of aryl methyl sites for hydroxylation is 2. The molecule has 1 aliphatic heterocycles. The third-order valence-electron chi connectivity index (χ3n) is 4.13. The molecule has 3 rings (SSSR count). The average Bonchev–Trinajstić information content (AvgIpc) is 3.17. The van der Waals surface area contributed by atoms with Crippen molar-refractivity contribution in [1.82, 2.24) is 14.7 Å². The van der Waals surface area contributed by atoms with Crippen molar-refractivity contribution in [3.63, 3.8) is 0 Å². The molecule has 0 spiro atoms. The van der Waals surface area contributed by atoms with E-state index >= 15 is 0 Å². The fourth-order valence-corrected chi connectivity index (χ4v) is 2.77. The highest BCUT2D eigenvalue weighted by molar-refractivity contribution is 5.80. The number of carbonyl (C=O) groups is 1. The number of benzene rings is 1. The van der Waals surface area contributed by atoms with Gasteiger partial charge in [0.1, 0.15) is 5.75 Å². The number of ether oxygens (including phenoxy) is 3.